The minimum atomic E-state index is -0.349. The Morgan fingerprint density at radius 2 is 1.86 bits per heavy atom. The summed E-state index contributed by atoms with van der Waals surface area (Å²) in [7, 11) is 0. The van der Waals surface area contributed by atoms with Crippen molar-refractivity contribution in [3.05, 3.63) is 58.6 Å². The molecule has 1 atom stereocenters. The van der Waals surface area contributed by atoms with Gasteiger partial charge in [-0.15, -0.1) is 11.8 Å². The van der Waals surface area contributed by atoms with Crippen molar-refractivity contribution in [3.8, 4) is 0 Å². The summed E-state index contributed by atoms with van der Waals surface area (Å²) in [5, 5.41) is -0.349. The Kier molecular flexibility index (Phi) is 4.36. The molecule has 0 spiro atoms. The highest BCUT2D eigenvalue weighted by Crippen LogP contribution is 2.34. The number of thioether (sulfide) groups is 1. The van der Waals surface area contributed by atoms with Crippen molar-refractivity contribution in [3.63, 3.8) is 0 Å². The van der Waals surface area contributed by atoms with Gasteiger partial charge < -0.3 is 0 Å². The maximum atomic E-state index is 12.6. The lowest BCUT2D eigenvalue weighted by atomic mass is 10.2. The van der Waals surface area contributed by atoms with Gasteiger partial charge >= 0.3 is 0 Å². The van der Waals surface area contributed by atoms with Crippen molar-refractivity contribution in [2.45, 2.75) is 23.5 Å². The maximum Gasteiger partial charge on any atom is 0.247 e. The summed E-state index contributed by atoms with van der Waals surface area (Å²) in [6, 6.07) is 15.2. The van der Waals surface area contributed by atoms with Crippen molar-refractivity contribution < 1.29 is 9.59 Å². The number of aryl methyl sites for hydroxylation is 1. The molecule has 5 heteroatoms. The van der Waals surface area contributed by atoms with Gasteiger partial charge in [-0.2, -0.15) is 0 Å². The summed E-state index contributed by atoms with van der Waals surface area (Å²) in [4.78, 5) is 27.1. The zero-order valence-electron chi connectivity index (χ0n) is 12.0. The van der Waals surface area contributed by atoms with Gasteiger partial charge in [-0.3, -0.25) is 9.59 Å². The first-order chi connectivity index (χ1) is 10.5. The van der Waals surface area contributed by atoms with Crippen LogP contribution in [0.4, 0.5) is 5.69 Å². The molecular formula is C17H14BrNO2S. The second-order valence-electron chi connectivity index (χ2n) is 5.17. The molecule has 22 heavy (non-hydrogen) atoms. The SMILES string of the molecule is Cc1cccc(SC2CC(=O)N(c3ccc(Br)cc3)C2=O)c1. The molecule has 2 aromatic carbocycles. The zero-order valence-corrected chi connectivity index (χ0v) is 14.4. The third-order valence-corrected chi connectivity index (χ3v) is 5.17. The van der Waals surface area contributed by atoms with E-state index >= 15 is 0 Å². The average Bonchev–Trinajstić information content (AvgIpc) is 2.75. The predicted molar refractivity (Wildman–Crippen MR) is 92.1 cm³/mol. The van der Waals surface area contributed by atoms with Crippen LogP contribution in [0.5, 0.6) is 0 Å². The monoisotopic (exact) mass is 375 g/mol. The van der Waals surface area contributed by atoms with Gasteiger partial charge in [-0.25, -0.2) is 4.90 Å². The largest absolute Gasteiger partial charge is 0.274 e. The van der Waals surface area contributed by atoms with Crippen LogP contribution in [-0.4, -0.2) is 17.1 Å². The van der Waals surface area contributed by atoms with Gasteiger partial charge in [-0.05, 0) is 43.3 Å². The Bertz CT molecular complexity index is 730. The molecule has 3 rings (SSSR count). The maximum absolute atomic E-state index is 12.6. The lowest BCUT2D eigenvalue weighted by Crippen LogP contribution is -2.31. The van der Waals surface area contributed by atoms with E-state index in [9.17, 15) is 9.59 Å². The second-order valence-corrected chi connectivity index (χ2v) is 7.36. The fourth-order valence-electron chi connectivity index (χ4n) is 2.41. The summed E-state index contributed by atoms with van der Waals surface area (Å²) < 4.78 is 0.918. The van der Waals surface area contributed by atoms with E-state index in [1.165, 1.54) is 16.7 Å². The first kappa shape index (κ1) is 15.3. The minimum absolute atomic E-state index is 0.140. The van der Waals surface area contributed by atoms with Crippen molar-refractivity contribution in [2.75, 3.05) is 4.90 Å². The number of nitrogens with zero attached hydrogens (tertiary/aromatic N) is 1. The average molecular weight is 376 g/mol. The van der Waals surface area contributed by atoms with Crippen LogP contribution >= 0.6 is 27.7 Å². The molecule has 112 valence electrons. The highest BCUT2D eigenvalue weighted by molar-refractivity contribution is 9.10. The summed E-state index contributed by atoms with van der Waals surface area (Å²) in [5.41, 5.74) is 1.78. The second kappa shape index (κ2) is 6.26. The van der Waals surface area contributed by atoms with Gasteiger partial charge in [0.25, 0.3) is 0 Å². The number of rotatable bonds is 3. The van der Waals surface area contributed by atoms with Gasteiger partial charge in [0.2, 0.25) is 11.8 Å². The van der Waals surface area contributed by atoms with Crippen LogP contribution in [0, 0.1) is 6.92 Å². The molecule has 3 nitrogen and oxygen atoms in total. The molecule has 1 unspecified atom stereocenters. The number of hydrogen-bond donors (Lipinski definition) is 0. The van der Waals surface area contributed by atoms with Crippen LogP contribution in [0.15, 0.2) is 57.9 Å². The lowest BCUT2D eigenvalue weighted by molar-refractivity contribution is -0.121. The molecule has 1 aliphatic rings. The summed E-state index contributed by atoms with van der Waals surface area (Å²) >= 11 is 4.81. The number of carbonyl (C=O) groups is 2. The van der Waals surface area contributed by atoms with E-state index in [1.54, 1.807) is 12.1 Å². The molecule has 2 amide bonds. The van der Waals surface area contributed by atoms with E-state index in [4.69, 9.17) is 0 Å². The summed E-state index contributed by atoms with van der Waals surface area (Å²) in [6.45, 7) is 2.01. The van der Waals surface area contributed by atoms with E-state index < -0.39 is 0 Å². The van der Waals surface area contributed by atoms with E-state index in [0.717, 1.165) is 14.9 Å². The van der Waals surface area contributed by atoms with Crippen molar-refractivity contribution in [1.29, 1.82) is 0 Å². The minimum Gasteiger partial charge on any atom is -0.274 e. The highest BCUT2D eigenvalue weighted by atomic mass is 79.9. The van der Waals surface area contributed by atoms with Crippen molar-refractivity contribution in [2.24, 2.45) is 0 Å². The van der Waals surface area contributed by atoms with Crippen LogP contribution in [-0.2, 0) is 9.59 Å². The number of halogens is 1. The van der Waals surface area contributed by atoms with Gasteiger partial charge in [0, 0.05) is 15.8 Å². The van der Waals surface area contributed by atoms with Crippen LogP contribution in [0.1, 0.15) is 12.0 Å². The quantitative estimate of drug-likeness (QED) is 0.755. The zero-order chi connectivity index (χ0) is 15.7. The van der Waals surface area contributed by atoms with Gasteiger partial charge in [-0.1, -0.05) is 33.6 Å². The fraction of sp³-hybridized carbons (Fsp3) is 0.176. The van der Waals surface area contributed by atoms with E-state index in [2.05, 4.69) is 15.9 Å². The number of amides is 2. The predicted octanol–water partition coefficient (Wildman–Crippen LogP) is 4.18. The molecule has 1 saturated heterocycles. The third kappa shape index (κ3) is 3.10. The molecule has 0 saturated carbocycles. The Morgan fingerprint density at radius 1 is 1.14 bits per heavy atom. The van der Waals surface area contributed by atoms with Crippen molar-refractivity contribution >= 4 is 45.2 Å². The number of carbonyl (C=O) groups excluding carboxylic acids is 2. The molecule has 0 N–H and O–H groups in total. The van der Waals surface area contributed by atoms with Gasteiger partial charge in [0.15, 0.2) is 0 Å². The molecule has 1 fully saturated rings. The molecular weight excluding hydrogens is 362 g/mol. The van der Waals surface area contributed by atoms with Gasteiger partial charge in [0.1, 0.15) is 0 Å². The molecule has 0 radical (unpaired) electrons. The Balaban J connectivity index is 1.81. The number of imide groups is 1. The first-order valence-electron chi connectivity index (χ1n) is 6.90. The number of hydrogen-bond acceptors (Lipinski definition) is 3. The number of benzene rings is 2. The lowest BCUT2D eigenvalue weighted by Gasteiger charge is -2.15. The first-order valence-corrected chi connectivity index (χ1v) is 8.57. The Labute approximate surface area is 141 Å². The van der Waals surface area contributed by atoms with E-state index in [1.807, 2.05) is 43.3 Å². The molecule has 0 aromatic heterocycles. The van der Waals surface area contributed by atoms with E-state index in [0.29, 0.717) is 5.69 Å². The number of anilines is 1. The standard InChI is InChI=1S/C17H14BrNO2S/c1-11-3-2-4-14(9-11)22-15-10-16(20)19(17(15)21)13-7-5-12(18)6-8-13/h2-9,15H,10H2,1H3. The van der Waals surface area contributed by atoms with Crippen molar-refractivity contribution in [1.82, 2.24) is 0 Å². The smallest absolute Gasteiger partial charge is 0.247 e. The van der Waals surface area contributed by atoms with Crippen LogP contribution < -0.4 is 4.90 Å². The van der Waals surface area contributed by atoms with E-state index in [-0.39, 0.29) is 23.5 Å². The van der Waals surface area contributed by atoms with Gasteiger partial charge in [0.05, 0.1) is 10.9 Å². The fourth-order valence-corrected chi connectivity index (χ4v) is 3.85. The summed E-state index contributed by atoms with van der Waals surface area (Å²) in [6.07, 6.45) is 0.244. The van der Waals surface area contributed by atoms with Crippen LogP contribution in [0.2, 0.25) is 0 Å². The topological polar surface area (TPSA) is 37.4 Å². The summed E-state index contributed by atoms with van der Waals surface area (Å²) in [5.74, 6) is -0.281. The molecule has 0 bridgehead atoms. The van der Waals surface area contributed by atoms with Crippen LogP contribution in [0.3, 0.4) is 0 Å². The van der Waals surface area contributed by atoms with Crippen LogP contribution in [0.25, 0.3) is 0 Å². The Morgan fingerprint density at radius 3 is 2.55 bits per heavy atom. The molecule has 1 aliphatic heterocycles. The Hall–Kier alpha value is -1.59. The molecule has 1 heterocycles. The molecule has 0 aliphatic carbocycles. The highest BCUT2D eigenvalue weighted by Gasteiger charge is 2.40. The normalized spacial score (nSPS) is 18.1. The third-order valence-electron chi connectivity index (χ3n) is 3.46. The molecule has 2 aromatic rings.